The minimum Gasteiger partial charge on any atom is -0.534 e. The van der Waals surface area contributed by atoms with Crippen molar-refractivity contribution in [3.8, 4) is 5.75 Å². The van der Waals surface area contributed by atoms with Crippen molar-refractivity contribution in [2.75, 3.05) is 13.1 Å². The first-order valence-electron chi connectivity index (χ1n) is 14.3. The maximum Gasteiger partial charge on any atom is 0.319 e. The van der Waals surface area contributed by atoms with Crippen LogP contribution in [0.2, 0.25) is 5.04 Å². The number of benzene rings is 3. The number of fused-ring (bicyclic) bond motifs is 1. The van der Waals surface area contributed by atoms with Crippen LogP contribution >= 0.6 is 0 Å². The Kier molecular flexibility index (Phi) is 6.48. The Hall–Kier alpha value is -2.89. The van der Waals surface area contributed by atoms with E-state index in [2.05, 4.69) is 110 Å². The van der Waals surface area contributed by atoms with E-state index in [1.54, 1.807) is 0 Å². The van der Waals surface area contributed by atoms with Crippen LogP contribution in [0.1, 0.15) is 70.0 Å². The van der Waals surface area contributed by atoms with Crippen molar-refractivity contribution >= 4 is 24.6 Å². The SMILES string of the molecule is CC(C)(C)[Si](Oc1ccc2c(c1)[C@H](N1CC[C@]3(CCCN3)C1=O)CCC2)(c1ccccc1)c1ccccc1. The molecule has 5 heteroatoms. The molecule has 38 heavy (non-hydrogen) atoms. The van der Waals surface area contributed by atoms with Crippen LogP contribution < -0.4 is 20.1 Å². The van der Waals surface area contributed by atoms with E-state index in [0.29, 0.717) is 5.91 Å². The fourth-order valence-electron chi connectivity index (χ4n) is 7.26. The topological polar surface area (TPSA) is 41.6 Å². The molecule has 2 saturated heterocycles. The highest BCUT2D eigenvalue weighted by Crippen LogP contribution is 2.43. The number of amides is 1. The number of hydrogen-bond donors (Lipinski definition) is 1. The summed E-state index contributed by atoms with van der Waals surface area (Å²) in [6.45, 7) is 8.75. The van der Waals surface area contributed by atoms with Gasteiger partial charge in [0, 0.05) is 6.54 Å². The second-order valence-corrected chi connectivity index (χ2v) is 16.6. The summed E-state index contributed by atoms with van der Waals surface area (Å²) in [6, 6.07) is 28.5. The second kappa shape index (κ2) is 9.69. The van der Waals surface area contributed by atoms with Crippen LogP contribution in [0.4, 0.5) is 0 Å². The summed E-state index contributed by atoms with van der Waals surface area (Å²) < 4.78 is 7.36. The summed E-state index contributed by atoms with van der Waals surface area (Å²) in [5.41, 5.74) is 2.33. The first-order chi connectivity index (χ1) is 18.3. The summed E-state index contributed by atoms with van der Waals surface area (Å²) in [5, 5.41) is 6.01. The lowest BCUT2D eigenvalue weighted by molar-refractivity contribution is -0.135. The Bertz CT molecular complexity index is 1260. The molecule has 1 aliphatic carbocycles. The van der Waals surface area contributed by atoms with Crippen molar-refractivity contribution in [3.63, 3.8) is 0 Å². The summed E-state index contributed by atoms with van der Waals surface area (Å²) in [4.78, 5) is 15.9. The number of carbonyl (C=O) groups is 1. The molecule has 1 spiro atoms. The van der Waals surface area contributed by atoms with E-state index in [0.717, 1.165) is 57.4 Å². The van der Waals surface area contributed by atoms with Gasteiger partial charge in [-0.15, -0.1) is 0 Å². The van der Waals surface area contributed by atoms with Gasteiger partial charge < -0.3 is 14.6 Å². The molecule has 3 aromatic carbocycles. The molecule has 0 bridgehead atoms. The molecule has 3 aliphatic rings. The van der Waals surface area contributed by atoms with Gasteiger partial charge >= 0.3 is 8.32 Å². The third kappa shape index (κ3) is 4.11. The van der Waals surface area contributed by atoms with Gasteiger partial charge in [0.1, 0.15) is 5.75 Å². The number of likely N-dealkylation sites (tertiary alicyclic amines) is 1. The molecule has 1 amide bonds. The zero-order valence-corrected chi connectivity index (χ0v) is 24.0. The number of nitrogens with one attached hydrogen (secondary N) is 1. The Balaban J connectivity index is 1.41. The van der Waals surface area contributed by atoms with Crippen LogP contribution in [-0.4, -0.2) is 37.8 Å². The van der Waals surface area contributed by atoms with Crippen LogP contribution in [0.3, 0.4) is 0 Å². The second-order valence-electron chi connectivity index (χ2n) is 12.4. The molecule has 0 aromatic heterocycles. The minimum absolute atomic E-state index is 0.101. The normalized spacial score (nSPS) is 23.6. The van der Waals surface area contributed by atoms with Crippen LogP contribution in [0.5, 0.6) is 5.75 Å². The number of nitrogens with zero attached hydrogens (tertiary/aromatic N) is 1. The predicted molar refractivity (Wildman–Crippen MR) is 157 cm³/mol. The van der Waals surface area contributed by atoms with Gasteiger partial charge in [-0.1, -0.05) is 87.5 Å². The molecule has 3 aromatic rings. The van der Waals surface area contributed by atoms with Crippen molar-refractivity contribution in [2.45, 2.75) is 75.9 Å². The molecule has 2 heterocycles. The van der Waals surface area contributed by atoms with Gasteiger partial charge in [0.05, 0.1) is 11.6 Å². The third-order valence-corrected chi connectivity index (χ3v) is 14.1. The fraction of sp³-hybridized carbons (Fsp3) is 0.424. The zero-order chi connectivity index (χ0) is 26.4. The number of aryl methyl sites for hydroxylation is 1. The van der Waals surface area contributed by atoms with E-state index >= 15 is 0 Å². The van der Waals surface area contributed by atoms with Gasteiger partial charge in [-0.05, 0) is 83.7 Å². The van der Waals surface area contributed by atoms with Gasteiger partial charge in [-0.3, -0.25) is 4.79 Å². The fourth-order valence-corrected chi connectivity index (χ4v) is 11.7. The van der Waals surface area contributed by atoms with Gasteiger partial charge in [-0.2, -0.15) is 0 Å². The Morgan fingerprint density at radius 3 is 2.21 bits per heavy atom. The number of hydrogen-bond acceptors (Lipinski definition) is 3. The molecule has 6 rings (SSSR count). The number of carbonyl (C=O) groups excluding carboxylic acids is 1. The van der Waals surface area contributed by atoms with Crippen molar-refractivity contribution in [2.24, 2.45) is 0 Å². The zero-order valence-electron chi connectivity index (χ0n) is 23.0. The van der Waals surface area contributed by atoms with E-state index < -0.39 is 8.32 Å². The first-order valence-corrected chi connectivity index (χ1v) is 16.2. The molecule has 4 nitrogen and oxygen atoms in total. The van der Waals surface area contributed by atoms with Crippen molar-refractivity contribution in [3.05, 3.63) is 90.0 Å². The predicted octanol–water partition coefficient (Wildman–Crippen LogP) is 5.36. The molecule has 0 saturated carbocycles. The van der Waals surface area contributed by atoms with E-state index in [4.69, 9.17) is 4.43 Å². The molecule has 2 atom stereocenters. The summed E-state index contributed by atoms with van der Waals surface area (Å²) in [7, 11) is -2.72. The van der Waals surface area contributed by atoms with Crippen LogP contribution in [0.15, 0.2) is 78.9 Å². The maximum absolute atomic E-state index is 13.7. The molecule has 1 N–H and O–H groups in total. The summed E-state index contributed by atoms with van der Waals surface area (Å²) in [5.74, 6) is 1.23. The highest BCUT2D eigenvalue weighted by Gasteiger charge is 2.53. The standard InChI is InChI=1S/C33H40N2O2Si/c1-32(2,3)38(27-13-6-4-7-14-27,28-15-8-5-9-16-28)37-26-19-18-25-12-10-17-30(29(25)24-26)35-23-21-33(31(35)36)20-11-22-34-33/h4-9,13-16,18-19,24,30,34H,10-12,17,20-23H2,1-3H3/t30-,33-/m1/s1. The molecular formula is C33H40N2O2Si. The van der Waals surface area contributed by atoms with E-state index in [1.165, 1.54) is 21.5 Å². The van der Waals surface area contributed by atoms with Crippen molar-refractivity contribution < 1.29 is 9.22 Å². The first kappa shape index (κ1) is 25.4. The third-order valence-electron chi connectivity index (χ3n) is 9.16. The lowest BCUT2D eigenvalue weighted by atomic mass is 9.86. The molecular weight excluding hydrogens is 484 g/mol. The average Bonchev–Trinajstić information content (AvgIpc) is 3.54. The smallest absolute Gasteiger partial charge is 0.319 e. The monoisotopic (exact) mass is 524 g/mol. The Labute approximate surface area is 228 Å². The molecule has 2 fully saturated rings. The quantitative estimate of drug-likeness (QED) is 0.457. The van der Waals surface area contributed by atoms with Crippen LogP contribution in [0.25, 0.3) is 0 Å². The minimum atomic E-state index is -2.72. The van der Waals surface area contributed by atoms with Crippen molar-refractivity contribution in [1.82, 2.24) is 10.2 Å². The van der Waals surface area contributed by atoms with E-state index in [-0.39, 0.29) is 16.6 Å². The largest absolute Gasteiger partial charge is 0.534 e. The number of rotatable bonds is 5. The van der Waals surface area contributed by atoms with Crippen LogP contribution in [0, 0.1) is 0 Å². The van der Waals surface area contributed by atoms with Gasteiger partial charge in [0.2, 0.25) is 5.91 Å². The lowest BCUT2D eigenvalue weighted by Gasteiger charge is -2.43. The van der Waals surface area contributed by atoms with Crippen LogP contribution in [-0.2, 0) is 11.2 Å². The molecule has 198 valence electrons. The van der Waals surface area contributed by atoms with Crippen molar-refractivity contribution in [1.29, 1.82) is 0 Å². The van der Waals surface area contributed by atoms with E-state index in [9.17, 15) is 4.79 Å². The molecule has 0 unspecified atom stereocenters. The average molecular weight is 525 g/mol. The van der Waals surface area contributed by atoms with Gasteiger partial charge in [0.15, 0.2) is 0 Å². The Morgan fingerprint density at radius 2 is 1.61 bits per heavy atom. The summed E-state index contributed by atoms with van der Waals surface area (Å²) >= 11 is 0. The molecule has 2 aliphatic heterocycles. The highest BCUT2D eigenvalue weighted by atomic mass is 28.4. The van der Waals surface area contributed by atoms with Gasteiger partial charge in [0.25, 0.3) is 0 Å². The highest BCUT2D eigenvalue weighted by molar-refractivity contribution is 7.00. The molecule has 0 radical (unpaired) electrons. The summed E-state index contributed by atoms with van der Waals surface area (Å²) in [6.07, 6.45) is 6.21. The van der Waals surface area contributed by atoms with E-state index in [1.807, 2.05) is 0 Å². The lowest BCUT2D eigenvalue weighted by Crippen LogP contribution is -2.68. The maximum atomic E-state index is 13.7. The Morgan fingerprint density at radius 1 is 0.921 bits per heavy atom. The van der Waals surface area contributed by atoms with Gasteiger partial charge in [-0.25, -0.2) is 0 Å².